The van der Waals surface area contributed by atoms with Crippen molar-refractivity contribution < 1.29 is 18.8 Å². The van der Waals surface area contributed by atoms with Crippen LogP contribution in [0.4, 0.5) is 0 Å². The molecule has 25 heavy (non-hydrogen) atoms. The molecule has 4 nitrogen and oxygen atoms in total. The van der Waals surface area contributed by atoms with Crippen molar-refractivity contribution in [1.82, 2.24) is 0 Å². The third-order valence-corrected chi connectivity index (χ3v) is 5.46. The monoisotopic (exact) mass is 360 g/mol. The van der Waals surface area contributed by atoms with Crippen LogP contribution in [0.5, 0.6) is 0 Å². The van der Waals surface area contributed by atoms with Crippen molar-refractivity contribution >= 4 is 18.7 Å². The predicted molar refractivity (Wildman–Crippen MR) is 101 cm³/mol. The van der Waals surface area contributed by atoms with Gasteiger partial charge in [-0.1, -0.05) is 63.2 Å². The van der Waals surface area contributed by atoms with Gasteiger partial charge in [-0.15, -0.1) is 0 Å². The second kappa shape index (κ2) is 7.25. The van der Waals surface area contributed by atoms with Crippen molar-refractivity contribution in [2.24, 2.45) is 0 Å². The maximum atomic E-state index is 13.2. The number of hydrogen-bond donors (Lipinski definition) is 1. The Hall–Kier alpha value is -1.74. The van der Waals surface area contributed by atoms with Crippen molar-refractivity contribution in [2.45, 2.75) is 46.1 Å². The molecule has 2 aromatic rings. The molecule has 0 bridgehead atoms. The largest absolute Gasteiger partial charge is 0.359 e. The summed E-state index contributed by atoms with van der Waals surface area (Å²) in [5.74, 6) is -0.275. The minimum Gasteiger partial charge on any atom is -0.321 e. The molecule has 0 saturated carbocycles. The van der Waals surface area contributed by atoms with Gasteiger partial charge in [0.15, 0.2) is 5.78 Å². The lowest BCUT2D eigenvalue weighted by Crippen LogP contribution is -2.26. The number of ketones is 1. The summed E-state index contributed by atoms with van der Waals surface area (Å²) in [6.45, 7) is 9.29. The second-order valence-electron chi connectivity index (χ2n) is 7.32. The molecular weight excluding hydrogens is 335 g/mol. The average Bonchev–Trinajstić information content (AvgIpc) is 2.52. The molecule has 0 heterocycles. The molecule has 1 N–H and O–H groups in total. The van der Waals surface area contributed by atoms with Crippen molar-refractivity contribution in [1.29, 1.82) is 0 Å². The standard InChI is InChI=1S/C20H25O4P/c1-14(2)24-25(22,23)17-13-9-12-16(20(3,4)5)18(17)19(21)15-10-7-6-8-11-15/h6-14H,1-5H3,(H,22,23). The van der Waals surface area contributed by atoms with E-state index in [1.807, 2.05) is 32.9 Å². The van der Waals surface area contributed by atoms with E-state index in [1.165, 1.54) is 6.07 Å². The highest BCUT2D eigenvalue weighted by Crippen LogP contribution is 2.45. The van der Waals surface area contributed by atoms with Crippen LogP contribution in [0.3, 0.4) is 0 Å². The molecule has 0 fully saturated rings. The first-order chi connectivity index (χ1) is 11.5. The quantitative estimate of drug-likeness (QED) is 0.632. The van der Waals surface area contributed by atoms with Gasteiger partial charge in [0.1, 0.15) is 0 Å². The maximum Gasteiger partial charge on any atom is 0.359 e. The zero-order valence-electron chi connectivity index (χ0n) is 15.3. The lowest BCUT2D eigenvalue weighted by molar-refractivity contribution is 0.103. The first-order valence-electron chi connectivity index (χ1n) is 8.29. The predicted octanol–water partition coefficient (Wildman–Crippen LogP) is 4.45. The molecule has 5 heteroatoms. The van der Waals surface area contributed by atoms with E-state index in [0.717, 1.165) is 5.56 Å². The highest BCUT2D eigenvalue weighted by atomic mass is 31.2. The van der Waals surface area contributed by atoms with Crippen LogP contribution in [-0.2, 0) is 14.5 Å². The average molecular weight is 360 g/mol. The van der Waals surface area contributed by atoms with Crippen LogP contribution in [0.1, 0.15) is 56.1 Å². The van der Waals surface area contributed by atoms with Gasteiger partial charge < -0.3 is 9.42 Å². The van der Waals surface area contributed by atoms with E-state index in [-0.39, 0.29) is 22.1 Å². The van der Waals surface area contributed by atoms with E-state index in [1.54, 1.807) is 44.2 Å². The summed E-state index contributed by atoms with van der Waals surface area (Å²) in [7, 11) is -4.13. The highest BCUT2D eigenvalue weighted by Gasteiger charge is 2.34. The first kappa shape index (κ1) is 19.6. The Morgan fingerprint density at radius 2 is 1.64 bits per heavy atom. The van der Waals surface area contributed by atoms with Gasteiger partial charge in [0.05, 0.1) is 11.4 Å². The summed E-state index contributed by atoms with van der Waals surface area (Å²) in [4.78, 5) is 23.7. The molecule has 0 aliphatic rings. The summed E-state index contributed by atoms with van der Waals surface area (Å²) in [5, 5.41) is 0.0579. The molecule has 134 valence electrons. The van der Waals surface area contributed by atoms with Crippen LogP contribution in [0.25, 0.3) is 0 Å². The van der Waals surface area contributed by atoms with Gasteiger partial charge in [0.25, 0.3) is 0 Å². The van der Waals surface area contributed by atoms with Gasteiger partial charge in [0, 0.05) is 11.1 Å². The summed E-state index contributed by atoms with van der Waals surface area (Å²) in [5.41, 5.74) is 1.09. The van der Waals surface area contributed by atoms with Crippen molar-refractivity contribution in [3.05, 3.63) is 65.2 Å². The fourth-order valence-electron chi connectivity index (χ4n) is 2.72. The Morgan fingerprint density at radius 3 is 2.16 bits per heavy atom. The summed E-state index contributed by atoms with van der Waals surface area (Å²) < 4.78 is 18.1. The van der Waals surface area contributed by atoms with Gasteiger partial charge >= 0.3 is 7.60 Å². The zero-order chi connectivity index (χ0) is 18.8. The molecule has 0 amide bonds. The Bertz CT molecular complexity index is 804. The Kier molecular flexibility index (Phi) is 5.68. The zero-order valence-corrected chi connectivity index (χ0v) is 16.2. The van der Waals surface area contributed by atoms with Gasteiger partial charge in [-0.25, -0.2) is 0 Å². The van der Waals surface area contributed by atoms with E-state index in [4.69, 9.17) is 4.52 Å². The fourth-order valence-corrected chi connectivity index (χ4v) is 4.18. The molecule has 0 radical (unpaired) electrons. The third-order valence-electron chi connectivity index (χ3n) is 3.77. The van der Waals surface area contributed by atoms with E-state index < -0.39 is 13.7 Å². The van der Waals surface area contributed by atoms with Crippen LogP contribution in [0, 0.1) is 0 Å². The number of hydrogen-bond acceptors (Lipinski definition) is 3. The topological polar surface area (TPSA) is 63.6 Å². The van der Waals surface area contributed by atoms with Gasteiger partial charge in [-0.05, 0) is 30.9 Å². The normalized spacial score (nSPS) is 14.4. The Labute approximate surface area is 149 Å². The summed E-state index contributed by atoms with van der Waals surface area (Å²) in [6.07, 6.45) is -0.436. The molecule has 1 atom stereocenters. The van der Waals surface area contributed by atoms with Gasteiger partial charge in [-0.3, -0.25) is 9.36 Å². The molecule has 0 spiro atoms. The summed E-state index contributed by atoms with van der Waals surface area (Å²) in [6, 6.07) is 13.8. The molecular formula is C20H25O4P. The lowest BCUT2D eigenvalue weighted by Gasteiger charge is -2.26. The molecule has 0 aromatic heterocycles. The van der Waals surface area contributed by atoms with E-state index in [9.17, 15) is 14.3 Å². The lowest BCUT2D eigenvalue weighted by atomic mass is 9.82. The summed E-state index contributed by atoms with van der Waals surface area (Å²) >= 11 is 0. The number of rotatable bonds is 5. The van der Waals surface area contributed by atoms with E-state index >= 15 is 0 Å². The van der Waals surface area contributed by atoms with Gasteiger partial charge in [0.2, 0.25) is 0 Å². The smallest absolute Gasteiger partial charge is 0.321 e. The van der Waals surface area contributed by atoms with E-state index in [0.29, 0.717) is 5.56 Å². The minimum atomic E-state index is -4.13. The molecule has 1 unspecified atom stereocenters. The molecule has 0 aliphatic heterocycles. The van der Waals surface area contributed by atoms with Crippen LogP contribution in [0.2, 0.25) is 0 Å². The number of benzene rings is 2. The molecule has 2 rings (SSSR count). The number of carbonyl (C=O) groups is 1. The fraction of sp³-hybridized carbons (Fsp3) is 0.350. The van der Waals surface area contributed by atoms with Crippen LogP contribution in [-0.4, -0.2) is 16.8 Å². The Morgan fingerprint density at radius 1 is 1.04 bits per heavy atom. The first-order valence-corrected chi connectivity index (χ1v) is 9.87. The third kappa shape index (κ3) is 4.46. The van der Waals surface area contributed by atoms with Crippen LogP contribution in [0.15, 0.2) is 48.5 Å². The minimum absolute atomic E-state index is 0.0579. The second-order valence-corrected chi connectivity index (χ2v) is 9.05. The van der Waals surface area contributed by atoms with Crippen LogP contribution < -0.4 is 5.30 Å². The molecule has 0 aliphatic carbocycles. The van der Waals surface area contributed by atoms with E-state index in [2.05, 4.69) is 0 Å². The SMILES string of the molecule is CC(C)OP(=O)(O)c1cccc(C(C)(C)C)c1C(=O)c1ccccc1. The Balaban J connectivity index is 2.74. The molecule has 2 aromatic carbocycles. The molecule has 0 saturated heterocycles. The van der Waals surface area contributed by atoms with Crippen molar-refractivity contribution in [2.75, 3.05) is 0 Å². The number of carbonyl (C=O) groups excluding carboxylic acids is 1. The van der Waals surface area contributed by atoms with Crippen molar-refractivity contribution in [3.63, 3.8) is 0 Å². The van der Waals surface area contributed by atoms with Crippen molar-refractivity contribution in [3.8, 4) is 0 Å². The van der Waals surface area contributed by atoms with Gasteiger partial charge in [-0.2, -0.15) is 0 Å². The highest BCUT2D eigenvalue weighted by molar-refractivity contribution is 7.61. The maximum absolute atomic E-state index is 13.2. The van der Waals surface area contributed by atoms with Crippen LogP contribution >= 0.6 is 7.60 Å².